The molecule has 0 saturated carbocycles. The molecule has 0 radical (unpaired) electrons. The summed E-state index contributed by atoms with van der Waals surface area (Å²) in [6.45, 7) is 8.09. The van der Waals surface area contributed by atoms with Gasteiger partial charge in [0.05, 0.1) is 34.4 Å². The fraction of sp³-hybridized carbons (Fsp3) is 0.933. The van der Waals surface area contributed by atoms with Gasteiger partial charge in [0.2, 0.25) is 0 Å². The van der Waals surface area contributed by atoms with Crippen molar-refractivity contribution >= 4 is 7.82 Å². The fourth-order valence-corrected chi connectivity index (χ4v) is 4.77. The average Bonchev–Trinajstić information content (AvgIpc) is 2.85. The number of nitrogens with zero attached hydrogens (tertiary/aromatic N) is 1. The molecular weight excluding hydrogens is 501 g/mol. The van der Waals surface area contributed by atoms with Gasteiger partial charge in [-0.05, 0) is 25.7 Å². The summed E-state index contributed by atoms with van der Waals surface area (Å²) >= 11 is 0. The number of hydrogen-bond acceptors (Lipinski definition) is 6. The van der Waals surface area contributed by atoms with E-state index in [0.717, 1.165) is 32.1 Å². The largest absolute Gasteiger partial charge is 0.756 e. The maximum absolute atomic E-state index is 12.1. The lowest BCUT2D eigenvalue weighted by atomic mass is 10.0. The SMILES string of the molecule is C=CCCCCO[C@H](COCCCCCCCCCCCCCCCC)COP(=O)([O-])OCC[N+](C)(C)C. The van der Waals surface area contributed by atoms with Crippen molar-refractivity contribution in [2.45, 2.75) is 122 Å². The molecule has 0 aliphatic heterocycles. The van der Waals surface area contributed by atoms with Gasteiger partial charge in [-0.15, -0.1) is 6.58 Å². The van der Waals surface area contributed by atoms with Gasteiger partial charge in [-0.2, -0.15) is 0 Å². The smallest absolute Gasteiger partial charge is 0.268 e. The molecular formula is C30H62NO6P. The first-order chi connectivity index (χ1) is 18.2. The monoisotopic (exact) mass is 563 g/mol. The number of likely N-dealkylation sites (N-methyl/N-ethyl adjacent to an activating group) is 1. The van der Waals surface area contributed by atoms with Crippen molar-refractivity contribution in [2.24, 2.45) is 0 Å². The molecule has 0 aromatic rings. The molecule has 0 rings (SSSR count). The van der Waals surface area contributed by atoms with E-state index >= 15 is 0 Å². The Labute approximate surface area is 235 Å². The van der Waals surface area contributed by atoms with E-state index < -0.39 is 13.9 Å². The summed E-state index contributed by atoms with van der Waals surface area (Å²) < 4.78 is 34.5. The highest BCUT2D eigenvalue weighted by molar-refractivity contribution is 7.45. The van der Waals surface area contributed by atoms with Crippen LogP contribution in [0.2, 0.25) is 0 Å². The van der Waals surface area contributed by atoms with Crippen LogP contribution in [-0.2, 0) is 23.1 Å². The zero-order chi connectivity index (χ0) is 28.4. The molecule has 38 heavy (non-hydrogen) atoms. The van der Waals surface area contributed by atoms with Crippen LogP contribution in [0.15, 0.2) is 12.7 Å². The molecule has 7 nitrogen and oxygen atoms in total. The molecule has 0 fully saturated rings. The minimum atomic E-state index is -4.37. The molecule has 0 heterocycles. The Hall–Kier alpha value is -0.270. The van der Waals surface area contributed by atoms with Crippen molar-refractivity contribution in [3.05, 3.63) is 12.7 Å². The fourth-order valence-electron chi connectivity index (χ4n) is 4.04. The first-order valence-electron chi connectivity index (χ1n) is 15.4. The molecule has 0 N–H and O–H groups in total. The Morgan fingerprint density at radius 1 is 0.737 bits per heavy atom. The first-order valence-corrected chi connectivity index (χ1v) is 16.9. The van der Waals surface area contributed by atoms with Crippen LogP contribution in [0.3, 0.4) is 0 Å². The van der Waals surface area contributed by atoms with Gasteiger partial charge in [-0.1, -0.05) is 96.5 Å². The quantitative estimate of drug-likeness (QED) is 0.0391. The van der Waals surface area contributed by atoms with E-state index in [0.29, 0.717) is 30.8 Å². The lowest BCUT2D eigenvalue weighted by Gasteiger charge is -2.28. The van der Waals surface area contributed by atoms with E-state index in [9.17, 15) is 9.46 Å². The molecule has 0 spiro atoms. The molecule has 0 aromatic carbocycles. The summed E-state index contributed by atoms with van der Waals surface area (Å²) in [7, 11) is 1.57. The second-order valence-electron chi connectivity index (χ2n) is 11.5. The summed E-state index contributed by atoms with van der Waals surface area (Å²) in [6, 6.07) is 0. The lowest BCUT2D eigenvalue weighted by Crippen LogP contribution is -2.37. The van der Waals surface area contributed by atoms with E-state index in [2.05, 4.69) is 13.5 Å². The maximum atomic E-state index is 12.1. The third kappa shape index (κ3) is 28.7. The summed E-state index contributed by atoms with van der Waals surface area (Å²) in [6.07, 6.45) is 22.8. The van der Waals surface area contributed by atoms with Gasteiger partial charge in [0.25, 0.3) is 7.82 Å². The number of rotatable bonds is 30. The van der Waals surface area contributed by atoms with Gasteiger partial charge in [0, 0.05) is 13.2 Å². The molecule has 1 unspecified atom stereocenters. The van der Waals surface area contributed by atoms with E-state index in [1.54, 1.807) is 0 Å². The first kappa shape index (κ1) is 37.7. The minimum Gasteiger partial charge on any atom is -0.756 e. The second-order valence-corrected chi connectivity index (χ2v) is 12.9. The Bertz CT molecular complexity index is 569. The zero-order valence-electron chi connectivity index (χ0n) is 25.5. The number of quaternary nitrogens is 1. The van der Waals surface area contributed by atoms with Crippen molar-refractivity contribution in [3.8, 4) is 0 Å². The number of hydrogen-bond donors (Lipinski definition) is 0. The predicted molar refractivity (Wildman–Crippen MR) is 157 cm³/mol. The molecule has 8 heteroatoms. The molecule has 0 aromatic heterocycles. The van der Waals surface area contributed by atoms with Crippen LogP contribution in [0.1, 0.15) is 116 Å². The second kappa shape index (κ2) is 25.7. The van der Waals surface area contributed by atoms with E-state index in [-0.39, 0.29) is 13.2 Å². The van der Waals surface area contributed by atoms with Crippen molar-refractivity contribution in [3.63, 3.8) is 0 Å². The van der Waals surface area contributed by atoms with Gasteiger partial charge in [-0.3, -0.25) is 4.57 Å². The van der Waals surface area contributed by atoms with Gasteiger partial charge in [-0.25, -0.2) is 0 Å². The van der Waals surface area contributed by atoms with Crippen molar-refractivity contribution in [2.75, 3.05) is 60.7 Å². The van der Waals surface area contributed by atoms with Crippen LogP contribution in [0, 0.1) is 0 Å². The van der Waals surface area contributed by atoms with Crippen LogP contribution < -0.4 is 4.89 Å². The van der Waals surface area contributed by atoms with Crippen LogP contribution in [0.5, 0.6) is 0 Å². The summed E-state index contributed by atoms with van der Waals surface area (Å²) in [5.41, 5.74) is 0. The standard InChI is InChI=1S/C30H62NO6P/c1-6-8-10-12-13-14-15-16-17-18-19-20-21-22-25-34-28-30(35-26-23-11-9-7-2)29-37-38(32,33)36-27-24-31(3,4)5/h7,30H,2,6,8-29H2,1,3-5H3/t30-/m1/s1. The third-order valence-electron chi connectivity index (χ3n) is 6.53. The van der Waals surface area contributed by atoms with Crippen LogP contribution >= 0.6 is 7.82 Å². The third-order valence-corrected chi connectivity index (χ3v) is 7.50. The maximum Gasteiger partial charge on any atom is 0.268 e. The van der Waals surface area contributed by atoms with E-state index in [4.69, 9.17) is 18.5 Å². The highest BCUT2D eigenvalue weighted by Gasteiger charge is 2.17. The van der Waals surface area contributed by atoms with Crippen molar-refractivity contribution < 1.29 is 32.5 Å². The zero-order valence-corrected chi connectivity index (χ0v) is 26.4. The Morgan fingerprint density at radius 3 is 1.79 bits per heavy atom. The van der Waals surface area contributed by atoms with Gasteiger partial charge in [0.1, 0.15) is 19.3 Å². The lowest BCUT2D eigenvalue weighted by molar-refractivity contribution is -0.870. The van der Waals surface area contributed by atoms with Crippen molar-refractivity contribution in [1.29, 1.82) is 0 Å². The highest BCUT2D eigenvalue weighted by atomic mass is 31.2. The number of unbranched alkanes of at least 4 members (excludes halogenated alkanes) is 15. The topological polar surface area (TPSA) is 77.1 Å². The number of phosphoric ester groups is 1. The normalized spacial score (nSPS) is 14.4. The number of phosphoric acid groups is 1. The van der Waals surface area contributed by atoms with Crippen LogP contribution in [0.4, 0.5) is 0 Å². The molecule has 0 bridgehead atoms. The molecule has 228 valence electrons. The number of allylic oxidation sites excluding steroid dienone is 1. The summed E-state index contributed by atoms with van der Waals surface area (Å²) in [5, 5.41) is 0. The van der Waals surface area contributed by atoms with Crippen LogP contribution in [0.25, 0.3) is 0 Å². The minimum absolute atomic E-state index is 0.0903. The van der Waals surface area contributed by atoms with Gasteiger partial charge >= 0.3 is 0 Å². The molecule has 0 saturated heterocycles. The average molecular weight is 564 g/mol. The van der Waals surface area contributed by atoms with Crippen LogP contribution in [-0.4, -0.2) is 71.3 Å². The number of ether oxygens (including phenoxy) is 2. The van der Waals surface area contributed by atoms with E-state index in [1.165, 1.54) is 77.0 Å². The predicted octanol–water partition coefficient (Wildman–Crippen LogP) is 7.43. The molecule has 0 aliphatic rings. The molecule has 2 atom stereocenters. The van der Waals surface area contributed by atoms with Gasteiger partial charge < -0.3 is 27.9 Å². The molecule has 0 amide bonds. The molecule has 0 aliphatic carbocycles. The van der Waals surface area contributed by atoms with Gasteiger partial charge in [0.15, 0.2) is 0 Å². The summed E-state index contributed by atoms with van der Waals surface area (Å²) in [5.74, 6) is 0. The Balaban J connectivity index is 3.96. The summed E-state index contributed by atoms with van der Waals surface area (Å²) in [4.78, 5) is 12.1. The Kier molecular flexibility index (Phi) is 25.5. The highest BCUT2D eigenvalue weighted by Crippen LogP contribution is 2.38. The van der Waals surface area contributed by atoms with Crippen molar-refractivity contribution in [1.82, 2.24) is 0 Å². The van der Waals surface area contributed by atoms with E-state index in [1.807, 2.05) is 27.2 Å². The Morgan fingerprint density at radius 2 is 1.26 bits per heavy atom.